The topological polar surface area (TPSA) is 50.7 Å². The summed E-state index contributed by atoms with van der Waals surface area (Å²) in [5.74, 6) is 0.553. The summed E-state index contributed by atoms with van der Waals surface area (Å²) in [6, 6.07) is 21.3. The Morgan fingerprint density at radius 2 is 1.90 bits per heavy atom. The molecule has 1 aliphatic rings. The minimum atomic E-state index is -0.157. The molecule has 156 valence electrons. The van der Waals surface area contributed by atoms with Crippen LogP contribution in [0.2, 0.25) is 5.02 Å². The van der Waals surface area contributed by atoms with Crippen molar-refractivity contribution in [2.75, 3.05) is 0 Å². The van der Waals surface area contributed by atoms with Gasteiger partial charge in [-0.05, 0) is 67.1 Å². The molecule has 6 heteroatoms. The lowest BCUT2D eigenvalue weighted by Gasteiger charge is -2.08. The number of thioether (sulfide) groups is 1. The van der Waals surface area contributed by atoms with Gasteiger partial charge in [-0.1, -0.05) is 59.6 Å². The molecule has 1 fully saturated rings. The summed E-state index contributed by atoms with van der Waals surface area (Å²) in [6.45, 7) is 4.43. The number of nitrogens with zero attached hydrogens (tertiary/aromatic N) is 1. The van der Waals surface area contributed by atoms with E-state index in [1.807, 2.05) is 80.6 Å². The maximum Gasteiger partial charge on any atom is 0.264 e. The predicted octanol–water partition coefficient (Wildman–Crippen LogP) is 6.43. The molecule has 0 aromatic heterocycles. The summed E-state index contributed by atoms with van der Waals surface area (Å²) in [6.07, 6.45) is 1.84. The minimum Gasteiger partial charge on any atom is -0.489 e. The summed E-state index contributed by atoms with van der Waals surface area (Å²) in [5, 5.41) is 4.10. The molecule has 1 amide bonds. The first-order valence-electron chi connectivity index (χ1n) is 9.81. The third-order valence-corrected chi connectivity index (χ3v) is 6.01. The molecule has 0 aliphatic carbocycles. The molecule has 1 saturated heterocycles. The molecule has 0 bridgehead atoms. The van der Waals surface area contributed by atoms with Gasteiger partial charge in [0.05, 0.1) is 10.6 Å². The largest absolute Gasteiger partial charge is 0.489 e. The molecule has 4 nitrogen and oxygen atoms in total. The maximum atomic E-state index is 12.4. The number of amides is 1. The summed E-state index contributed by atoms with van der Waals surface area (Å²) in [7, 11) is 0. The summed E-state index contributed by atoms with van der Waals surface area (Å²) in [4.78, 5) is 17.6. The van der Waals surface area contributed by atoms with Gasteiger partial charge in [0, 0.05) is 10.6 Å². The molecule has 0 unspecified atom stereocenters. The van der Waals surface area contributed by atoms with Crippen molar-refractivity contribution in [2.24, 2.45) is 4.99 Å². The molecule has 0 spiro atoms. The Balaban J connectivity index is 1.48. The Morgan fingerprint density at radius 1 is 1.06 bits per heavy atom. The molecule has 0 saturated carbocycles. The van der Waals surface area contributed by atoms with Gasteiger partial charge in [0.25, 0.3) is 5.91 Å². The molecular formula is C25H21ClN2O2S. The van der Waals surface area contributed by atoms with Crippen LogP contribution in [-0.2, 0) is 11.4 Å². The quantitative estimate of drug-likeness (QED) is 0.457. The van der Waals surface area contributed by atoms with Gasteiger partial charge >= 0.3 is 0 Å². The van der Waals surface area contributed by atoms with Gasteiger partial charge in [0.1, 0.15) is 12.4 Å². The first-order chi connectivity index (χ1) is 15.0. The van der Waals surface area contributed by atoms with Crippen LogP contribution in [0, 0.1) is 13.8 Å². The van der Waals surface area contributed by atoms with Crippen LogP contribution in [0.5, 0.6) is 5.75 Å². The van der Waals surface area contributed by atoms with E-state index in [1.165, 1.54) is 17.3 Å². The number of nitrogens with one attached hydrogen (secondary N) is 1. The van der Waals surface area contributed by atoms with E-state index in [0.717, 1.165) is 22.4 Å². The monoisotopic (exact) mass is 448 g/mol. The molecule has 1 aliphatic heterocycles. The van der Waals surface area contributed by atoms with Crippen LogP contribution in [0.4, 0.5) is 5.69 Å². The molecule has 0 atom stereocenters. The van der Waals surface area contributed by atoms with Crippen LogP contribution in [0.3, 0.4) is 0 Å². The highest BCUT2D eigenvalue weighted by atomic mass is 35.5. The number of hydrogen-bond acceptors (Lipinski definition) is 4. The average Bonchev–Trinajstić information content (AvgIpc) is 3.08. The van der Waals surface area contributed by atoms with Gasteiger partial charge in [0.15, 0.2) is 5.17 Å². The summed E-state index contributed by atoms with van der Waals surface area (Å²) in [5.41, 5.74) is 4.91. The van der Waals surface area contributed by atoms with E-state index in [-0.39, 0.29) is 5.91 Å². The Kier molecular flexibility index (Phi) is 6.44. The van der Waals surface area contributed by atoms with Crippen LogP contribution in [0.15, 0.2) is 76.6 Å². The third kappa shape index (κ3) is 5.37. The predicted molar refractivity (Wildman–Crippen MR) is 129 cm³/mol. The number of amidine groups is 1. The number of benzene rings is 3. The van der Waals surface area contributed by atoms with E-state index in [0.29, 0.717) is 27.5 Å². The number of aryl methyl sites for hydroxylation is 2. The van der Waals surface area contributed by atoms with Crippen molar-refractivity contribution >= 4 is 46.2 Å². The lowest BCUT2D eigenvalue weighted by atomic mass is 10.1. The van der Waals surface area contributed by atoms with E-state index in [9.17, 15) is 4.79 Å². The number of carbonyl (C=O) groups excluding carboxylic acids is 1. The van der Waals surface area contributed by atoms with Crippen LogP contribution in [-0.4, -0.2) is 11.1 Å². The zero-order valence-electron chi connectivity index (χ0n) is 17.2. The Morgan fingerprint density at radius 3 is 2.71 bits per heavy atom. The van der Waals surface area contributed by atoms with E-state index < -0.39 is 0 Å². The molecule has 0 radical (unpaired) electrons. The fraction of sp³-hybridized carbons (Fsp3) is 0.120. The molecule has 1 N–H and O–H groups in total. The second-order valence-corrected chi connectivity index (χ2v) is 8.66. The molecule has 31 heavy (non-hydrogen) atoms. The number of carbonyl (C=O) groups is 1. The third-order valence-electron chi connectivity index (χ3n) is 4.73. The second kappa shape index (κ2) is 9.41. The highest BCUT2D eigenvalue weighted by Gasteiger charge is 2.24. The molecule has 1 heterocycles. The summed E-state index contributed by atoms with van der Waals surface area (Å²) < 4.78 is 5.88. The van der Waals surface area contributed by atoms with Crippen LogP contribution in [0.25, 0.3) is 6.08 Å². The van der Waals surface area contributed by atoms with Gasteiger partial charge in [-0.3, -0.25) is 4.79 Å². The smallest absolute Gasteiger partial charge is 0.264 e. The zero-order valence-corrected chi connectivity index (χ0v) is 18.8. The molecular weight excluding hydrogens is 428 g/mol. The van der Waals surface area contributed by atoms with Crippen LogP contribution >= 0.6 is 23.4 Å². The highest BCUT2D eigenvalue weighted by Crippen LogP contribution is 2.30. The van der Waals surface area contributed by atoms with Crippen molar-refractivity contribution in [3.63, 3.8) is 0 Å². The summed E-state index contributed by atoms with van der Waals surface area (Å²) >= 11 is 7.52. The second-order valence-electron chi connectivity index (χ2n) is 7.22. The number of halogens is 1. The van der Waals surface area contributed by atoms with Crippen molar-refractivity contribution in [2.45, 2.75) is 20.5 Å². The van der Waals surface area contributed by atoms with Gasteiger partial charge < -0.3 is 10.1 Å². The van der Waals surface area contributed by atoms with Gasteiger partial charge in [0.2, 0.25) is 0 Å². The maximum absolute atomic E-state index is 12.4. The van der Waals surface area contributed by atoms with E-state index in [1.54, 1.807) is 0 Å². The highest BCUT2D eigenvalue weighted by molar-refractivity contribution is 8.18. The lowest BCUT2D eigenvalue weighted by Crippen LogP contribution is -2.19. The first kappa shape index (κ1) is 21.2. The van der Waals surface area contributed by atoms with Crippen molar-refractivity contribution in [1.29, 1.82) is 0 Å². The number of rotatable bonds is 5. The Hall–Kier alpha value is -3.02. The van der Waals surface area contributed by atoms with Crippen molar-refractivity contribution in [3.05, 3.63) is 98.9 Å². The van der Waals surface area contributed by atoms with Crippen molar-refractivity contribution < 1.29 is 9.53 Å². The molecule has 3 aromatic rings. The number of ether oxygens (including phenoxy) is 1. The van der Waals surface area contributed by atoms with E-state index in [4.69, 9.17) is 16.3 Å². The van der Waals surface area contributed by atoms with Gasteiger partial charge in [-0.2, -0.15) is 0 Å². The Bertz CT molecular complexity index is 1200. The molecule has 4 rings (SSSR count). The SMILES string of the molecule is Cc1ccc(N=C2NC(=O)/C(=C\c3cccc(OCc4ccccc4Cl)c3)S2)c(C)c1. The zero-order chi connectivity index (χ0) is 21.8. The normalized spacial score (nSPS) is 16.0. The minimum absolute atomic E-state index is 0.157. The van der Waals surface area contributed by atoms with Crippen molar-refractivity contribution in [3.8, 4) is 5.75 Å². The van der Waals surface area contributed by atoms with Crippen molar-refractivity contribution in [1.82, 2.24) is 5.32 Å². The van der Waals surface area contributed by atoms with Gasteiger partial charge in [-0.25, -0.2) is 4.99 Å². The van der Waals surface area contributed by atoms with Gasteiger partial charge in [-0.15, -0.1) is 0 Å². The lowest BCUT2D eigenvalue weighted by molar-refractivity contribution is -0.115. The average molecular weight is 449 g/mol. The fourth-order valence-corrected chi connectivity index (χ4v) is 4.17. The molecule has 3 aromatic carbocycles. The first-order valence-corrected chi connectivity index (χ1v) is 11.0. The van der Waals surface area contributed by atoms with Crippen LogP contribution < -0.4 is 10.1 Å². The van der Waals surface area contributed by atoms with E-state index >= 15 is 0 Å². The number of hydrogen-bond donors (Lipinski definition) is 1. The number of aliphatic imine (C=N–C) groups is 1. The fourth-order valence-electron chi connectivity index (χ4n) is 3.14. The van der Waals surface area contributed by atoms with E-state index in [2.05, 4.69) is 16.4 Å². The standard InChI is InChI=1S/C25H21ClN2O2S/c1-16-10-11-22(17(2)12-16)27-25-28-24(29)23(31-25)14-18-6-5-8-20(13-18)30-15-19-7-3-4-9-21(19)26/h3-14H,15H2,1-2H3,(H,27,28,29)/b23-14+. The Labute approximate surface area is 191 Å². The van der Waals surface area contributed by atoms with Crippen LogP contribution in [0.1, 0.15) is 22.3 Å².